The second-order valence-electron chi connectivity index (χ2n) is 5.71. The molecule has 1 amide bonds. The second kappa shape index (κ2) is 8.08. The van der Waals surface area contributed by atoms with Gasteiger partial charge >= 0.3 is 0 Å². The summed E-state index contributed by atoms with van der Waals surface area (Å²) in [4.78, 5) is 12.4. The third-order valence-corrected chi connectivity index (χ3v) is 4.35. The number of hydrogen-bond acceptors (Lipinski definition) is 4. The van der Waals surface area contributed by atoms with Crippen LogP contribution in [0, 0.1) is 0 Å². The first-order valence-electron chi connectivity index (χ1n) is 7.66. The van der Waals surface area contributed by atoms with E-state index in [-0.39, 0.29) is 18.3 Å². The van der Waals surface area contributed by atoms with Crippen molar-refractivity contribution in [1.82, 2.24) is 0 Å². The molecule has 6 heteroatoms. The predicted molar refractivity (Wildman–Crippen MR) is 94.8 cm³/mol. The maximum Gasteiger partial charge on any atom is 0.255 e. The average molecular weight is 347 g/mol. The van der Waals surface area contributed by atoms with E-state index in [0.717, 1.165) is 18.2 Å². The van der Waals surface area contributed by atoms with Crippen molar-refractivity contribution < 1.29 is 18.3 Å². The van der Waals surface area contributed by atoms with Crippen LogP contribution in [0.25, 0.3) is 0 Å². The highest BCUT2D eigenvalue weighted by molar-refractivity contribution is 7.89. The molecule has 0 fully saturated rings. The van der Waals surface area contributed by atoms with Gasteiger partial charge in [-0.25, -0.2) is 8.42 Å². The van der Waals surface area contributed by atoms with Crippen LogP contribution in [0.4, 0.5) is 5.69 Å². The molecule has 0 saturated heterocycles. The quantitative estimate of drug-likeness (QED) is 0.806. The maximum absolute atomic E-state index is 12.4. The van der Waals surface area contributed by atoms with Gasteiger partial charge in [0.15, 0.2) is 9.84 Å². The normalized spacial score (nSPS) is 11.2. The molecule has 2 aromatic carbocycles. The number of carbonyl (C=O) groups is 1. The van der Waals surface area contributed by atoms with Gasteiger partial charge in [-0.3, -0.25) is 4.79 Å². The summed E-state index contributed by atoms with van der Waals surface area (Å²) in [5, 5.41) is 11.6. The minimum Gasteiger partial charge on any atom is -0.396 e. The van der Waals surface area contributed by atoms with Gasteiger partial charge in [-0.15, -0.1) is 0 Å². The van der Waals surface area contributed by atoms with E-state index in [9.17, 15) is 13.2 Å². The molecular formula is C18H21NO4S. The number of rotatable bonds is 7. The Bertz CT molecular complexity index is 798. The zero-order valence-corrected chi connectivity index (χ0v) is 14.3. The van der Waals surface area contributed by atoms with Gasteiger partial charge in [0, 0.05) is 24.1 Å². The second-order valence-corrected chi connectivity index (χ2v) is 7.85. The fourth-order valence-electron chi connectivity index (χ4n) is 2.39. The molecule has 0 spiro atoms. The third-order valence-electron chi connectivity index (χ3n) is 3.52. The zero-order valence-electron chi connectivity index (χ0n) is 13.5. The number of amides is 1. The molecule has 2 rings (SSSR count). The van der Waals surface area contributed by atoms with Crippen LogP contribution in [0.1, 0.15) is 27.9 Å². The lowest BCUT2D eigenvalue weighted by molar-refractivity contribution is 0.102. The van der Waals surface area contributed by atoms with Gasteiger partial charge in [-0.05, 0) is 42.2 Å². The molecule has 0 bridgehead atoms. The van der Waals surface area contributed by atoms with E-state index in [2.05, 4.69) is 5.32 Å². The predicted octanol–water partition coefficient (Wildman–Crippen LogP) is 2.41. The van der Waals surface area contributed by atoms with Crippen molar-refractivity contribution in [3.05, 3.63) is 65.2 Å². The number of hydrogen-bond donors (Lipinski definition) is 2. The van der Waals surface area contributed by atoms with Gasteiger partial charge in [0.05, 0.1) is 5.75 Å². The number of carbonyl (C=O) groups excluding carboxylic acids is 1. The molecule has 128 valence electrons. The summed E-state index contributed by atoms with van der Waals surface area (Å²) in [6.45, 7) is 0.148. The van der Waals surface area contributed by atoms with Crippen molar-refractivity contribution in [2.75, 3.05) is 18.2 Å². The van der Waals surface area contributed by atoms with Crippen molar-refractivity contribution in [2.45, 2.75) is 18.6 Å². The van der Waals surface area contributed by atoms with Gasteiger partial charge in [-0.2, -0.15) is 0 Å². The van der Waals surface area contributed by atoms with Crippen LogP contribution < -0.4 is 5.32 Å². The summed E-state index contributed by atoms with van der Waals surface area (Å²) in [5.74, 6) is -0.506. The molecule has 0 saturated carbocycles. The topological polar surface area (TPSA) is 83.5 Å². The highest BCUT2D eigenvalue weighted by Gasteiger charge is 2.14. The van der Waals surface area contributed by atoms with Crippen molar-refractivity contribution in [2.24, 2.45) is 0 Å². The Hall–Kier alpha value is -2.18. The Labute approximate surface area is 142 Å². The van der Waals surface area contributed by atoms with E-state index in [1.165, 1.54) is 0 Å². The summed E-state index contributed by atoms with van der Waals surface area (Å²) >= 11 is 0. The Balaban J connectivity index is 2.12. The lowest BCUT2D eigenvalue weighted by Crippen LogP contribution is -2.15. The van der Waals surface area contributed by atoms with E-state index in [1.54, 1.807) is 36.4 Å². The lowest BCUT2D eigenvalue weighted by Gasteiger charge is -2.10. The third kappa shape index (κ3) is 5.47. The Kier molecular flexibility index (Phi) is 6.11. The van der Waals surface area contributed by atoms with E-state index in [4.69, 9.17) is 5.11 Å². The molecule has 0 heterocycles. The molecule has 5 nitrogen and oxygen atoms in total. The molecule has 0 radical (unpaired) electrons. The van der Waals surface area contributed by atoms with Crippen molar-refractivity contribution >= 4 is 21.4 Å². The maximum atomic E-state index is 12.4. The summed E-state index contributed by atoms with van der Waals surface area (Å²) in [6, 6.07) is 14.1. The molecular weight excluding hydrogens is 326 g/mol. The summed E-state index contributed by atoms with van der Waals surface area (Å²) in [6.07, 6.45) is 2.62. The lowest BCUT2D eigenvalue weighted by atomic mass is 10.1. The van der Waals surface area contributed by atoms with Crippen LogP contribution in [-0.2, 0) is 22.0 Å². The summed E-state index contributed by atoms with van der Waals surface area (Å²) in [5.41, 5.74) is 2.56. The minimum absolute atomic E-state index is 0.148. The van der Waals surface area contributed by atoms with E-state index in [0.29, 0.717) is 23.2 Å². The molecule has 0 atom stereocenters. The monoisotopic (exact) mass is 347 g/mol. The van der Waals surface area contributed by atoms with Crippen LogP contribution in [0.3, 0.4) is 0 Å². The number of anilines is 1. The number of sulfone groups is 1. The molecule has 0 aliphatic heterocycles. The number of aliphatic hydroxyl groups is 1. The SMILES string of the molecule is CS(=O)(=O)Cc1ccccc1C(=O)Nc1ccc(CCCO)cc1. The van der Waals surface area contributed by atoms with Gasteiger partial charge in [0.25, 0.3) is 5.91 Å². The van der Waals surface area contributed by atoms with Crippen LogP contribution in [0.15, 0.2) is 48.5 Å². The minimum atomic E-state index is -3.22. The molecule has 2 aromatic rings. The summed E-state index contributed by atoms with van der Waals surface area (Å²) < 4.78 is 23.0. The Morgan fingerprint density at radius 3 is 2.38 bits per heavy atom. The van der Waals surface area contributed by atoms with E-state index in [1.807, 2.05) is 12.1 Å². The van der Waals surface area contributed by atoms with Crippen molar-refractivity contribution in [3.63, 3.8) is 0 Å². The number of aliphatic hydroxyl groups excluding tert-OH is 1. The van der Waals surface area contributed by atoms with Crippen LogP contribution in [-0.4, -0.2) is 32.3 Å². The van der Waals surface area contributed by atoms with Gasteiger partial charge in [-0.1, -0.05) is 30.3 Å². The molecule has 0 aliphatic carbocycles. The zero-order chi connectivity index (χ0) is 17.6. The number of benzene rings is 2. The number of nitrogens with one attached hydrogen (secondary N) is 1. The molecule has 2 N–H and O–H groups in total. The molecule has 0 aliphatic rings. The van der Waals surface area contributed by atoms with E-state index < -0.39 is 9.84 Å². The first-order chi connectivity index (χ1) is 11.4. The highest BCUT2D eigenvalue weighted by atomic mass is 32.2. The van der Waals surface area contributed by atoms with Gasteiger partial charge < -0.3 is 10.4 Å². The first kappa shape index (κ1) is 18.2. The summed E-state index contributed by atoms with van der Waals surface area (Å²) in [7, 11) is -3.22. The fraction of sp³-hybridized carbons (Fsp3) is 0.278. The largest absolute Gasteiger partial charge is 0.396 e. The van der Waals surface area contributed by atoms with Crippen LogP contribution >= 0.6 is 0 Å². The number of aryl methyl sites for hydroxylation is 1. The average Bonchev–Trinajstić information content (AvgIpc) is 2.53. The van der Waals surface area contributed by atoms with Crippen LogP contribution in [0.5, 0.6) is 0 Å². The fourth-order valence-corrected chi connectivity index (χ4v) is 3.20. The van der Waals surface area contributed by atoms with Crippen LogP contribution in [0.2, 0.25) is 0 Å². The molecule has 24 heavy (non-hydrogen) atoms. The Morgan fingerprint density at radius 2 is 1.75 bits per heavy atom. The van der Waals surface area contributed by atoms with Crippen molar-refractivity contribution in [3.8, 4) is 0 Å². The van der Waals surface area contributed by atoms with Gasteiger partial charge in [0.1, 0.15) is 0 Å². The smallest absolute Gasteiger partial charge is 0.255 e. The first-order valence-corrected chi connectivity index (χ1v) is 9.72. The standard InChI is InChI=1S/C18H21NO4S/c1-24(22,23)13-15-6-2-3-7-17(15)18(21)19-16-10-8-14(9-11-16)5-4-12-20/h2-3,6-11,20H,4-5,12-13H2,1H3,(H,19,21). The molecule has 0 unspecified atom stereocenters. The van der Waals surface area contributed by atoms with E-state index >= 15 is 0 Å². The van der Waals surface area contributed by atoms with Gasteiger partial charge in [0.2, 0.25) is 0 Å². The van der Waals surface area contributed by atoms with Crippen molar-refractivity contribution in [1.29, 1.82) is 0 Å². The highest BCUT2D eigenvalue weighted by Crippen LogP contribution is 2.16. The molecule has 0 aromatic heterocycles. The Morgan fingerprint density at radius 1 is 1.08 bits per heavy atom.